The predicted octanol–water partition coefficient (Wildman–Crippen LogP) is 5.77. The number of carbonyl (C=O) groups excluding carboxylic acids is 1. The number of unbranched alkanes of at least 4 members (excludes halogenated alkanes) is 1. The third-order valence-electron chi connectivity index (χ3n) is 6.05. The molecule has 0 spiro atoms. The van der Waals surface area contributed by atoms with E-state index in [9.17, 15) is 4.79 Å². The number of nitrogens with two attached hydrogens (primary N) is 1. The second-order valence-electron chi connectivity index (χ2n) is 8.59. The Bertz CT molecular complexity index is 1150. The Morgan fingerprint density at radius 3 is 1.85 bits per heavy atom. The zero-order chi connectivity index (χ0) is 23.0. The molecule has 0 aliphatic rings. The van der Waals surface area contributed by atoms with Crippen molar-refractivity contribution in [3.05, 3.63) is 102 Å². The summed E-state index contributed by atoms with van der Waals surface area (Å²) in [5.74, 6) is 0.0239. The lowest BCUT2D eigenvalue weighted by Crippen LogP contribution is -2.34. The molecular weight excluding hydrogens is 406 g/mol. The van der Waals surface area contributed by atoms with Gasteiger partial charge in [0.1, 0.15) is 0 Å². The van der Waals surface area contributed by atoms with Gasteiger partial charge in [-0.3, -0.25) is 4.79 Å². The first-order chi connectivity index (χ1) is 16.1. The predicted molar refractivity (Wildman–Crippen MR) is 135 cm³/mol. The molecule has 1 unspecified atom stereocenters. The molecule has 0 saturated heterocycles. The maximum Gasteiger partial charge on any atom is 0.154 e. The van der Waals surface area contributed by atoms with E-state index in [2.05, 4.69) is 77.6 Å². The van der Waals surface area contributed by atoms with Crippen molar-refractivity contribution in [3.8, 4) is 22.3 Å². The van der Waals surface area contributed by atoms with E-state index in [1.54, 1.807) is 12.5 Å². The summed E-state index contributed by atoms with van der Waals surface area (Å²) in [5.41, 5.74) is 14.0. The molecule has 0 radical (unpaired) electrons. The van der Waals surface area contributed by atoms with Crippen LogP contribution < -0.4 is 5.73 Å². The first kappa shape index (κ1) is 22.7. The van der Waals surface area contributed by atoms with Gasteiger partial charge in [0.15, 0.2) is 5.78 Å². The average Bonchev–Trinajstić information content (AvgIpc) is 3.37. The fourth-order valence-corrected chi connectivity index (χ4v) is 3.99. The van der Waals surface area contributed by atoms with Gasteiger partial charge < -0.3 is 10.7 Å². The van der Waals surface area contributed by atoms with Gasteiger partial charge in [-0.05, 0) is 46.2 Å². The molecule has 4 rings (SSSR count). The minimum Gasteiger partial charge on any atom is -0.351 e. The zero-order valence-electron chi connectivity index (χ0n) is 19.1. The second kappa shape index (κ2) is 10.9. The van der Waals surface area contributed by atoms with Crippen LogP contribution in [0.5, 0.6) is 0 Å². The maximum absolute atomic E-state index is 12.5. The molecule has 33 heavy (non-hydrogen) atoms. The van der Waals surface area contributed by atoms with Crippen molar-refractivity contribution in [1.29, 1.82) is 0 Å². The molecule has 3 N–H and O–H groups in total. The summed E-state index contributed by atoms with van der Waals surface area (Å²) < 4.78 is 0. The number of ketones is 1. The number of hydrogen-bond donors (Lipinski definition) is 2. The summed E-state index contributed by atoms with van der Waals surface area (Å²) in [7, 11) is 0. The maximum atomic E-state index is 12.5. The number of Topliss-reactive ketones (excluding diaryl/α,β-unsaturated/α-hetero) is 1. The lowest BCUT2D eigenvalue weighted by atomic mass is 9.97. The molecular formula is C29H31N3O. The van der Waals surface area contributed by atoms with Gasteiger partial charge in [0.05, 0.1) is 18.1 Å². The van der Waals surface area contributed by atoms with E-state index in [-0.39, 0.29) is 5.78 Å². The van der Waals surface area contributed by atoms with E-state index < -0.39 is 6.04 Å². The number of imidazole rings is 1. The molecule has 4 nitrogen and oxygen atoms in total. The SMILES string of the molecule is CCCCc1ccc(-c2ccc(-c3ccc(CC(=O)C(N)Cc4c[nH]cn4)cc3)cc2)cc1. The van der Waals surface area contributed by atoms with Crippen molar-refractivity contribution in [2.24, 2.45) is 5.73 Å². The van der Waals surface area contributed by atoms with Crippen LogP contribution in [0.1, 0.15) is 36.6 Å². The van der Waals surface area contributed by atoms with Crippen molar-refractivity contribution in [3.63, 3.8) is 0 Å². The molecule has 1 atom stereocenters. The van der Waals surface area contributed by atoms with Gasteiger partial charge in [0.25, 0.3) is 0 Å². The highest BCUT2D eigenvalue weighted by molar-refractivity contribution is 5.86. The number of aromatic amines is 1. The van der Waals surface area contributed by atoms with Crippen molar-refractivity contribution in [2.75, 3.05) is 0 Å². The number of aryl methyl sites for hydroxylation is 1. The number of benzene rings is 3. The molecule has 0 saturated carbocycles. The van der Waals surface area contributed by atoms with Crippen LogP contribution in [0.4, 0.5) is 0 Å². The van der Waals surface area contributed by atoms with Gasteiger partial charge in [0, 0.05) is 19.0 Å². The Balaban J connectivity index is 1.37. The largest absolute Gasteiger partial charge is 0.351 e. The summed E-state index contributed by atoms with van der Waals surface area (Å²) in [5, 5.41) is 0. The average molecular weight is 438 g/mol. The molecule has 1 heterocycles. The first-order valence-corrected chi connectivity index (χ1v) is 11.7. The van der Waals surface area contributed by atoms with Crippen molar-refractivity contribution >= 4 is 5.78 Å². The molecule has 0 aliphatic heterocycles. The van der Waals surface area contributed by atoms with Gasteiger partial charge in [-0.1, -0.05) is 86.1 Å². The van der Waals surface area contributed by atoms with Gasteiger partial charge in [-0.15, -0.1) is 0 Å². The summed E-state index contributed by atoms with van der Waals surface area (Å²) in [6.45, 7) is 2.22. The van der Waals surface area contributed by atoms with Gasteiger partial charge in [-0.2, -0.15) is 0 Å². The molecule has 1 aromatic heterocycles. The summed E-state index contributed by atoms with van der Waals surface area (Å²) in [6.07, 6.45) is 7.76. The van der Waals surface area contributed by atoms with Crippen molar-refractivity contribution in [1.82, 2.24) is 9.97 Å². The minimum absolute atomic E-state index is 0.0239. The van der Waals surface area contributed by atoms with E-state index in [1.165, 1.54) is 29.5 Å². The van der Waals surface area contributed by atoms with Crippen LogP contribution in [0.2, 0.25) is 0 Å². The van der Waals surface area contributed by atoms with E-state index in [1.807, 2.05) is 12.1 Å². The molecule has 4 aromatic rings. The smallest absolute Gasteiger partial charge is 0.154 e. The number of carbonyl (C=O) groups is 1. The Labute approximate surface area is 195 Å². The molecule has 0 bridgehead atoms. The highest BCUT2D eigenvalue weighted by Gasteiger charge is 2.15. The monoisotopic (exact) mass is 437 g/mol. The molecule has 168 valence electrons. The van der Waals surface area contributed by atoms with Gasteiger partial charge >= 0.3 is 0 Å². The van der Waals surface area contributed by atoms with Crippen LogP contribution >= 0.6 is 0 Å². The second-order valence-corrected chi connectivity index (χ2v) is 8.59. The van der Waals surface area contributed by atoms with Crippen LogP contribution in [0.3, 0.4) is 0 Å². The van der Waals surface area contributed by atoms with E-state index in [0.717, 1.165) is 28.8 Å². The Hall–Kier alpha value is -3.50. The van der Waals surface area contributed by atoms with Crippen LogP contribution in [-0.2, 0) is 24.1 Å². The van der Waals surface area contributed by atoms with Gasteiger partial charge in [-0.25, -0.2) is 4.98 Å². The molecule has 0 fully saturated rings. The number of nitrogens with zero attached hydrogens (tertiary/aromatic N) is 1. The standard InChI is InChI=1S/C29H31N3O/c1-2-3-4-21-5-9-23(10-6-21)25-13-15-26(16-14-25)24-11-7-22(8-12-24)17-29(33)28(30)18-27-19-31-20-32-27/h5-16,19-20,28H,2-4,17-18,30H2,1H3,(H,31,32). The number of rotatable bonds is 10. The Morgan fingerprint density at radius 1 is 0.848 bits per heavy atom. The Morgan fingerprint density at radius 2 is 1.36 bits per heavy atom. The van der Waals surface area contributed by atoms with E-state index >= 15 is 0 Å². The topological polar surface area (TPSA) is 71.8 Å². The van der Waals surface area contributed by atoms with Crippen molar-refractivity contribution < 1.29 is 4.79 Å². The van der Waals surface area contributed by atoms with E-state index in [4.69, 9.17) is 5.73 Å². The van der Waals surface area contributed by atoms with E-state index in [0.29, 0.717) is 12.8 Å². The first-order valence-electron chi connectivity index (χ1n) is 11.7. The highest BCUT2D eigenvalue weighted by atomic mass is 16.1. The zero-order valence-corrected chi connectivity index (χ0v) is 19.1. The molecule has 0 amide bonds. The third-order valence-corrected chi connectivity index (χ3v) is 6.05. The lowest BCUT2D eigenvalue weighted by molar-refractivity contribution is -0.119. The summed E-state index contributed by atoms with van der Waals surface area (Å²) in [4.78, 5) is 19.5. The minimum atomic E-state index is -0.541. The summed E-state index contributed by atoms with van der Waals surface area (Å²) >= 11 is 0. The third kappa shape index (κ3) is 6.05. The van der Waals surface area contributed by atoms with Crippen molar-refractivity contribution in [2.45, 2.75) is 45.1 Å². The van der Waals surface area contributed by atoms with Crippen LogP contribution in [0.25, 0.3) is 22.3 Å². The number of H-pyrrole nitrogens is 1. The fraction of sp³-hybridized carbons (Fsp3) is 0.241. The number of hydrogen-bond acceptors (Lipinski definition) is 3. The van der Waals surface area contributed by atoms with Gasteiger partial charge in [0.2, 0.25) is 0 Å². The highest BCUT2D eigenvalue weighted by Crippen LogP contribution is 2.26. The summed E-state index contributed by atoms with van der Waals surface area (Å²) in [6, 6.07) is 25.2. The van der Waals surface area contributed by atoms with Crippen LogP contribution in [0.15, 0.2) is 85.3 Å². The lowest BCUT2D eigenvalue weighted by Gasteiger charge is -2.10. The van der Waals surface area contributed by atoms with Crippen LogP contribution in [-0.4, -0.2) is 21.8 Å². The molecule has 4 heteroatoms. The Kier molecular flexibility index (Phi) is 7.48. The van der Waals surface area contributed by atoms with Crippen LogP contribution in [0, 0.1) is 0 Å². The molecule has 3 aromatic carbocycles. The number of nitrogens with one attached hydrogen (secondary N) is 1. The fourth-order valence-electron chi connectivity index (χ4n) is 3.99. The molecule has 0 aliphatic carbocycles. The number of aromatic nitrogens is 2. The quantitative estimate of drug-likeness (QED) is 0.331. The normalized spacial score (nSPS) is 11.9.